The molecule has 0 fully saturated rings. The fourth-order valence-electron chi connectivity index (χ4n) is 0.632. The van der Waals surface area contributed by atoms with Crippen LogP contribution < -0.4 is 0 Å². The van der Waals surface area contributed by atoms with E-state index in [0.717, 1.165) is 6.08 Å². The lowest BCUT2D eigenvalue weighted by molar-refractivity contribution is -0.143. The molecule has 0 bridgehead atoms. The summed E-state index contributed by atoms with van der Waals surface area (Å²) in [6.45, 7) is 8.97. The van der Waals surface area contributed by atoms with Gasteiger partial charge in [-0.05, 0) is 20.8 Å². The minimum absolute atomic E-state index is 0.0685. The zero-order chi connectivity index (χ0) is 11.2. The maximum Gasteiger partial charge on any atom is 0.330 e. The molecule has 0 aliphatic heterocycles. The molecule has 0 aliphatic rings. The molecule has 0 saturated heterocycles. The Labute approximate surface area is 84.5 Å². The number of carbonyl (C=O) groups is 1. The maximum absolute atomic E-state index is 10.6. The average Bonchev–Trinajstić information content (AvgIpc) is 2.09. The molecule has 14 heavy (non-hydrogen) atoms. The van der Waals surface area contributed by atoms with Gasteiger partial charge in [-0.2, -0.15) is 0 Å². The van der Waals surface area contributed by atoms with Gasteiger partial charge in [0.05, 0.1) is 12.2 Å². The molecule has 0 aromatic rings. The fourth-order valence-corrected chi connectivity index (χ4v) is 0.632. The highest BCUT2D eigenvalue weighted by molar-refractivity contribution is 5.81. The van der Waals surface area contributed by atoms with Crippen molar-refractivity contribution in [2.75, 3.05) is 13.2 Å². The molecule has 0 amide bonds. The van der Waals surface area contributed by atoms with Crippen molar-refractivity contribution in [2.24, 2.45) is 0 Å². The van der Waals surface area contributed by atoms with Gasteiger partial charge in [-0.25, -0.2) is 4.79 Å². The predicted octanol–water partition coefficient (Wildman–Crippen LogP) is 0.892. The van der Waals surface area contributed by atoms with Gasteiger partial charge in [-0.3, -0.25) is 0 Å². The first-order chi connectivity index (χ1) is 6.35. The Morgan fingerprint density at radius 2 is 2.07 bits per heavy atom. The molecule has 4 heteroatoms. The van der Waals surface area contributed by atoms with Crippen LogP contribution in [0.15, 0.2) is 12.7 Å². The Bertz CT molecular complexity index is 193. The molecule has 0 radical (unpaired) electrons. The number of hydrogen-bond donors (Lipinski definition) is 1. The Kier molecular flexibility index (Phi) is 5.42. The molecule has 0 aliphatic carbocycles. The molecule has 4 nitrogen and oxygen atoms in total. The van der Waals surface area contributed by atoms with Crippen LogP contribution in [0.5, 0.6) is 0 Å². The van der Waals surface area contributed by atoms with E-state index >= 15 is 0 Å². The minimum Gasteiger partial charge on any atom is -0.460 e. The van der Waals surface area contributed by atoms with Crippen LogP contribution in [0.3, 0.4) is 0 Å². The minimum atomic E-state index is -0.793. The maximum atomic E-state index is 10.6. The van der Waals surface area contributed by atoms with Crippen LogP contribution in [0, 0.1) is 0 Å². The first-order valence-corrected chi connectivity index (χ1v) is 4.46. The molecule has 0 saturated carbocycles. The van der Waals surface area contributed by atoms with Crippen LogP contribution in [-0.4, -0.2) is 36.0 Å². The quantitative estimate of drug-likeness (QED) is 0.531. The fraction of sp³-hybridized carbons (Fsp3) is 0.700. The number of aliphatic hydroxyl groups is 1. The third-order valence-corrected chi connectivity index (χ3v) is 1.29. The average molecular weight is 202 g/mol. The van der Waals surface area contributed by atoms with Gasteiger partial charge in [-0.1, -0.05) is 6.58 Å². The van der Waals surface area contributed by atoms with Gasteiger partial charge in [0.15, 0.2) is 0 Å². The van der Waals surface area contributed by atoms with Crippen LogP contribution in [-0.2, 0) is 14.3 Å². The first kappa shape index (κ1) is 13.1. The SMILES string of the molecule is C=CC(=O)OCC(O)COC(C)(C)C. The third-order valence-electron chi connectivity index (χ3n) is 1.29. The predicted molar refractivity (Wildman–Crippen MR) is 52.9 cm³/mol. The zero-order valence-electron chi connectivity index (χ0n) is 8.95. The molecule has 0 rings (SSSR count). The second-order valence-corrected chi connectivity index (χ2v) is 3.91. The van der Waals surface area contributed by atoms with Gasteiger partial charge in [0.2, 0.25) is 0 Å². The van der Waals surface area contributed by atoms with Gasteiger partial charge in [0.1, 0.15) is 12.7 Å². The van der Waals surface area contributed by atoms with E-state index in [9.17, 15) is 9.90 Å². The molecule has 82 valence electrons. The summed E-state index contributed by atoms with van der Waals surface area (Å²) in [5, 5.41) is 9.32. The van der Waals surface area contributed by atoms with Gasteiger partial charge in [-0.15, -0.1) is 0 Å². The standard InChI is InChI=1S/C10H18O4/c1-5-9(12)13-6-8(11)7-14-10(2,3)4/h5,8,11H,1,6-7H2,2-4H3. The normalized spacial score (nSPS) is 13.4. The number of hydrogen-bond acceptors (Lipinski definition) is 4. The Hall–Kier alpha value is -0.870. The lowest BCUT2D eigenvalue weighted by Gasteiger charge is -2.21. The number of esters is 1. The summed E-state index contributed by atoms with van der Waals surface area (Å²) in [5.74, 6) is -0.542. The molecule has 0 aromatic heterocycles. The van der Waals surface area contributed by atoms with Crippen molar-refractivity contribution in [1.29, 1.82) is 0 Å². The first-order valence-electron chi connectivity index (χ1n) is 4.46. The van der Waals surface area contributed by atoms with Gasteiger partial charge >= 0.3 is 5.97 Å². The van der Waals surface area contributed by atoms with Crippen molar-refractivity contribution >= 4 is 5.97 Å². The van der Waals surface area contributed by atoms with E-state index < -0.39 is 12.1 Å². The summed E-state index contributed by atoms with van der Waals surface area (Å²) < 4.78 is 9.92. The highest BCUT2D eigenvalue weighted by Gasteiger charge is 2.14. The van der Waals surface area contributed by atoms with E-state index in [1.165, 1.54) is 0 Å². The molecule has 1 unspecified atom stereocenters. The Morgan fingerprint density at radius 3 is 2.50 bits per heavy atom. The lowest BCUT2D eigenvalue weighted by atomic mass is 10.2. The summed E-state index contributed by atoms with van der Waals surface area (Å²) in [6.07, 6.45) is 0.260. The van der Waals surface area contributed by atoms with Crippen molar-refractivity contribution in [3.63, 3.8) is 0 Å². The van der Waals surface area contributed by atoms with Crippen molar-refractivity contribution in [2.45, 2.75) is 32.5 Å². The number of rotatable bonds is 5. The van der Waals surface area contributed by atoms with Crippen LogP contribution in [0.4, 0.5) is 0 Å². The van der Waals surface area contributed by atoms with Gasteiger partial charge in [0.25, 0.3) is 0 Å². The van der Waals surface area contributed by atoms with E-state index in [1.807, 2.05) is 20.8 Å². The van der Waals surface area contributed by atoms with Crippen LogP contribution >= 0.6 is 0 Å². The summed E-state index contributed by atoms with van der Waals surface area (Å²) in [7, 11) is 0. The molecule has 1 atom stereocenters. The van der Waals surface area contributed by atoms with E-state index in [1.54, 1.807) is 0 Å². The molecular weight excluding hydrogens is 184 g/mol. The smallest absolute Gasteiger partial charge is 0.330 e. The highest BCUT2D eigenvalue weighted by Crippen LogP contribution is 2.07. The van der Waals surface area contributed by atoms with Crippen molar-refractivity contribution < 1.29 is 19.4 Å². The third kappa shape index (κ3) is 7.76. The van der Waals surface area contributed by atoms with Crippen LogP contribution in [0.2, 0.25) is 0 Å². The van der Waals surface area contributed by atoms with Crippen molar-refractivity contribution in [3.8, 4) is 0 Å². The Balaban J connectivity index is 3.61. The summed E-state index contributed by atoms with van der Waals surface area (Å²) in [6, 6.07) is 0. The molecule has 0 spiro atoms. The lowest BCUT2D eigenvalue weighted by Crippen LogP contribution is -2.29. The zero-order valence-corrected chi connectivity index (χ0v) is 8.95. The summed E-state index contributed by atoms with van der Waals surface area (Å²) in [5.41, 5.74) is -0.302. The van der Waals surface area contributed by atoms with Crippen molar-refractivity contribution in [1.82, 2.24) is 0 Å². The number of aliphatic hydroxyl groups excluding tert-OH is 1. The number of ether oxygens (including phenoxy) is 2. The monoisotopic (exact) mass is 202 g/mol. The van der Waals surface area contributed by atoms with Crippen molar-refractivity contribution in [3.05, 3.63) is 12.7 Å². The summed E-state index contributed by atoms with van der Waals surface area (Å²) in [4.78, 5) is 10.6. The molecular formula is C10H18O4. The molecule has 0 heterocycles. The second-order valence-electron chi connectivity index (χ2n) is 3.91. The van der Waals surface area contributed by atoms with Crippen LogP contribution in [0.25, 0.3) is 0 Å². The van der Waals surface area contributed by atoms with Gasteiger partial charge in [0, 0.05) is 6.08 Å². The van der Waals surface area contributed by atoms with E-state index in [-0.39, 0.29) is 18.8 Å². The van der Waals surface area contributed by atoms with E-state index in [0.29, 0.717) is 0 Å². The van der Waals surface area contributed by atoms with Crippen LogP contribution in [0.1, 0.15) is 20.8 Å². The molecule has 1 N–H and O–H groups in total. The van der Waals surface area contributed by atoms with E-state index in [4.69, 9.17) is 4.74 Å². The largest absolute Gasteiger partial charge is 0.460 e. The number of carbonyl (C=O) groups excluding carboxylic acids is 1. The second kappa shape index (κ2) is 5.78. The summed E-state index contributed by atoms with van der Waals surface area (Å²) >= 11 is 0. The van der Waals surface area contributed by atoms with E-state index in [2.05, 4.69) is 11.3 Å². The van der Waals surface area contributed by atoms with Gasteiger partial charge < -0.3 is 14.6 Å². The molecule has 0 aromatic carbocycles. The Morgan fingerprint density at radius 1 is 1.50 bits per heavy atom. The topological polar surface area (TPSA) is 55.8 Å². The highest BCUT2D eigenvalue weighted by atomic mass is 16.5.